The van der Waals surface area contributed by atoms with Crippen molar-refractivity contribution in [2.45, 2.75) is 51.9 Å². The summed E-state index contributed by atoms with van der Waals surface area (Å²) in [6.45, 7) is 3.52. The van der Waals surface area contributed by atoms with Gasteiger partial charge in [0, 0.05) is 30.8 Å². The number of fused-ring (bicyclic) bond motifs is 1. The molecule has 1 N–H and O–H groups in total. The molecule has 31 heavy (non-hydrogen) atoms. The Balaban J connectivity index is 1.67. The number of allylic oxidation sites excluding steroid dienone is 3. The maximum absolute atomic E-state index is 13.4. The highest BCUT2D eigenvalue weighted by molar-refractivity contribution is 7.94. The molecule has 1 aromatic carbocycles. The summed E-state index contributed by atoms with van der Waals surface area (Å²) in [6, 6.07) is 6.50. The third-order valence-corrected chi connectivity index (χ3v) is 8.04. The van der Waals surface area contributed by atoms with Crippen LogP contribution < -0.4 is 4.72 Å². The van der Waals surface area contributed by atoms with Crippen LogP contribution in [0.2, 0.25) is 0 Å². The number of benzene rings is 1. The molecule has 0 amide bonds. The van der Waals surface area contributed by atoms with Gasteiger partial charge in [-0.1, -0.05) is 42.8 Å². The van der Waals surface area contributed by atoms with Crippen molar-refractivity contribution in [3.8, 4) is 0 Å². The molecule has 6 nitrogen and oxygen atoms in total. The zero-order valence-electron chi connectivity index (χ0n) is 18.0. The Hall–Kier alpha value is -2.25. The van der Waals surface area contributed by atoms with Gasteiger partial charge in [0.05, 0.1) is 0 Å². The van der Waals surface area contributed by atoms with Crippen LogP contribution >= 0.6 is 0 Å². The molecule has 1 aliphatic heterocycles. The van der Waals surface area contributed by atoms with Crippen molar-refractivity contribution in [1.29, 1.82) is 0 Å². The van der Waals surface area contributed by atoms with Gasteiger partial charge in [0.1, 0.15) is 5.70 Å². The van der Waals surface area contributed by atoms with Gasteiger partial charge in [-0.05, 0) is 50.9 Å². The molecule has 1 saturated heterocycles. The van der Waals surface area contributed by atoms with Crippen LogP contribution in [0.3, 0.4) is 0 Å². The zero-order chi connectivity index (χ0) is 22.0. The van der Waals surface area contributed by atoms with E-state index in [2.05, 4.69) is 17.7 Å². The summed E-state index contributed by atoms with van der Waals surface area (Å²) in [5.74, 6) is -0.450. The lowest BCUT2D eigenvalue weighted by atomic mass is 9.90. The summed E-state index contributed by atoms with van der Waals surface area (Å²) in [5.41, 5.74) is 1.74. The number of piperidine rings is 1. The molecule has 4 rings (SSSR count). The molecular weight excluding hydrogens is 412 g/mol. The van der Waals surface area contributed by atoms with Crippen LogP contribution in [0.15, 0.2) is 46.5 Å². The quantitative estimate of drug-likeness (QED) is 0.677. The van der Waals surface area contributed by atoms with Crippen molar-refractivity contribution < 1.29 is 18.0 Å². The molecule has 0 spiro atoms. The second kappa shape index (κ2) is 9.09. The number of ketones is 2. The van der Waals surface area contributed by atoms with Gasteiger partial charge in [0.25, 0.3) is 0 Å². The number of rotatable bonds is 6. The van der Waals surface area contributed by atoms with E-state index in [1.807, 2.05) is 0 Å². The number of Topliss-reactive ketones (excluding diaryl/α,β-unsaturated/α-hetero) is 2. The van der Waals surface area contributed by atoms with Crippen molar-refractivity contribution in [3.05, 3.63) is 57.6 Å². The standard InChI is InChI=1S/C24H30N2O4S/c1-17-12-15-26(16-13-17)21-22(27)19-9-5-6-10-20(19)23(28)24(21)31(29,30)25-14-11-18-7-3-2-4-8-18/h5-7,9-10,17,25H,2-4,8,11-16H2,1H3. The molecule has 0 bridgehead atoms. The lowest BCUT2D eigenvalue weighted by Gasteiger charge is -2.35. The third kappa shape index (κ3) is 4.53. The van der Waals surface area contributed by atoms with Gasteiger partial charge in [0.2, 0.25) is 21.6 Å². The lowest BCUT2D eigenvalue weighted by Crippen LogP contribution is -2.42. The molecule has 166 valence electrons. The molecule has 0 radical (unpaired) electrons. The first-order chi connectivity index (χ1) is 14.9. The predicted octanol–water partition coefficient (Wildman–Crippen LogP) is 3.82. The molecule has 0 atom stereocenters. The highest BCUT2D eigenvalue weighted by atomic mass is 32.2. The SMILES string of the molecule is CC1CCN(C2=C(S(=O)(=O)NCCC3=CCCCC3)C(=O)c3ccccc3C2=O)CC1. The first kappa shape index (κ1) is 22.0. The van der Waals surface area contributed by atoms with Crippen LogP contribution in [-0.4, -0.2) is 44.5 Å². The molecule has 0 aromatic heterocycles. The second-order valence-corrected chi connectivity index (χ2v) is 10.5. The van der Waals surface area contributed by atoms with E-state index in [1.54, 1.807) is 23.1 Å². The van der Waals surface area contributed by atoms with E-state index in [1.165, 1.54) is 18.1 Å². The van der Waals surface area contributed by atoms with E-state index >= 15 is 0 Å². The van der Waals surface area contributed by atoms with E-state index in [-0.39, 0.29) is 34.1 Å². The first-order valence-corrected chi connectivity index (χ1v) is 12.7. The number of nitrogens with one attached hydrogen (secondary N) is 1. The van der Waals surface area contributed by atoms with Crippen LogP contribution in [-0.2, 0) is 10.0 Å². The largest absolute Gasteiger partial charge is 0.367 e. The van der Waals surface area contributed by atoms with Crippen LogP contribution in [0.1, 0.15) is 72.6 Å². The number of sulfonamides is 1. The molecule has 1 fully saturated rings. The maximum atomic E-state index is 13.4. The number of carbonyl (C=O) groups is 2. The minimum atomic E-state index is -4.13. The van der Waals surface area contributed by atoms with Crippen LogP contribution in [0.5, 0.6) is 0 Å². The van der Waals surface area contributed by atoms with Gasteiger partial charge in [-0.2, -0.15) is 0 Å². The third-order valence-electron chi connectivity index (χ3n) is 6.54. The molecular formula is C24H30N2O4S. The smallest absolute Gasteiger partial charge is 0.246 e. The average molecular weight is 443 g/mol. The number of hydrogen-bond donors (Lipinski definition) is 1. The van der Waals surface area contributed by atoms with Gasteiger partial charge in [-0.15, -0.1) is 0 Å². The van der Waals surface area contributed by atoms with Gasteiger partial charge < -0.3 is 4.90 Å². The minimum absolute atomic E-state index is 0.0416. The number of likely N-dealkylation sites (tertiary alicyclic amines) is 1. The molecule has 0 saturated carbocycles. The fourth-order valence-corrected chi connectivity index (χ4v) is 6.00. The van der Waals surface area contributed by atoms with E-state index in [9.17, 15) is 18.0 Å². The van der Waals surface area contributed by atoms with Gasteiger partial charge >= 0.3 is 0 Å². The summed E-state index contributed by atoms with van der Waals surface area (Å²) >= 11 is 0. The van der Waals surface area contributed by atoms with Gasteiger partial charge in [-0.25, -0.2) is 13.1 Å². The van der Waals surface area contributed by atoms with Crippen LogP contribution in [0.25, 0.3) is 0 Å². The molecule has 1 heterocycles. The Bertz CT molecular complexity index is 1050. The van der Waals surface area contributed by atoms with Crippen molar-refractivity contribution >= 4 is 21.6 Å². The van der Waals surface area contributed by atoms with Gasteiger partial charge in [-0.3, -0.25) is 9.59 Å². The molecule has 0 unspecified atom stereocenters. The average Bonchev–Trinajstić information content (AvgIpc) is 2.77. The van der Waals surface area contributed by atoms with Crippen molar-refractivity contribution in [1.82, 2.24) is 9.62 Å². The summed E-state index contributed by atoms with van der Waals surface area (Å²) in [5, 5.41) is 0. The normalized spacial score (nSPS) is 20.7. The zero-order valence-corrected chi connectivity index (χ0v) is 18.8. The van der Waals surface area contributed by atoms with Gasteiger partial charge in [0.15, 0.2) is 4.91 Å². The molecule has 1 aromatic rings. The Morgan fingerprint density at radius 3 is 2.35 bits per heavy atom. The van der Waals surface area contributed by atoms with E-state index in [0.717, 1.165) is 32.1 Å². The Labute approximate surface area is 184 Å². The highest BCUT2D eigenvalue weighted by Crippen LogP contribution is 2.33. The molecule has 3 aliphatic rings. The fourth-order valence-electron chi connectivity index (χ4n) is 4.66. The minimum Gasteiger partial charge on any atom is -0.367 e. The predicted molar refractivity (Wildman–Crippen MR) is 120 cm³/mol. The Morgan fingerprint density at radius 1 is 1.03 bits per heavy atom. The molecule has 2 aliphatic carbocycles. The van der Waals surface area contributed by atoms with Crippen molar-refractivity contribution in [3.63, 3.8) is 0 Å². The van der Waals surface area contributed by atoms with Crippen LogP contribution in [0, 0.1) is 5.92 Å². The second-order valence-electron chi connectivity index (χ2n) is 8.81. The number of hydrogen-bond acceptors (Lipinski definition) is 5. The van der Waals surface area contributed by atoms with Crippen LogP contribution in [0.4, 0.5) is 0 Å². The molecule has 7 heteroatoms. The fraction of sp³-hybridized carbons (Fsp3) is 0.500. The Kier molecular flexibility index (Phi) is 6.44. The van der Waals surface area contributed by atoms with E-state index in [4.69, 9.17) is 0 Å². The Morgan fingerprint density at radius 2 is 1.71 bits per heavy atom. The van der Waals surface area contributed by atoms with Crippen molar-refractivity contribution in [2.24, 2.45) is 5.92 Å². The summed E-state index contributed by atoms with van der Waals surface area (Å²) < 4.78 is 29.3. The first-order valence-electron chi connectivity index (χ1n) is 11.2. The summed E-state index contributed by atoms with van der Waals surface area (Å²) in [6.07, 6.45) is 8.87. The number of carbonyl (C=O) groups excluding carboxylic acids is 2. The monoisotopic (exact) mass is 442 g/mol. The topological polar surface area (TPSA) is 83.6 Å². The maximum Gasteiger partial charge on any atom is 0.246 e. The highest BCUT2D eigenvalue weighted by Gasteiger charge is 2.41. The summed E-state index contributed by atoms with van der Waals surface area (Å²) in [7, 11) is -4.13. The van der Waals surface area contributed by atoms with E-state index in [0.29, 0.717) is 25.4 Å². The van der Waals surface area contributed by atoms with E-state index < -0.39 is 15.8 Å². The lowest BCUT2D eigenvalue weighted by molar-refractivity contribution is 0.0932. The van der Waals surface area contributed by atoms with Crippen molar-refractivity contribution in [2.75, 3.05) is 19.6 Å². The number of nitrogens with zero attached hydrogens (tertiary/aromatic N) is 1. The summed E-state index contributed by atoms with van der Waals surface area (Å²) in [4.78, 5) is 28.1.